The average Bonchev–Trinajstić information content (AvgIpc) is 2.55. The maximum absolute atomic E-state index is 4.37. The normalized spacial score (nSPS) is 25.5. The smallest absolute Gasteiger partial charge is 0.0955 e. The Morgan fingerprint density at radius 3 is 3.00 bits per heavy atom. The fraction of sp³-hybridized carbons (Fsp3) is 0.417. The number of benzene rings is 1. The highest BCUT2D eigenvalue weighted by molar-refractivity contribution is 5.76. The van der Waals surface area contributed by atoms with Crippen molar-refractivity contribution in [3.63, 3.8) is 0 Å². The zero-order valence-electron chi connectivity index (χ0n) is 9.07. The van der Waals surface area contributed by atoms with Crippen LogP contribution in [-0.2, 0) is 7.05 Å². The molecule has 1 aromatic carbocycles. The van der Waals surface area contributed by atoms with Gasteiger partial charge in [-0.3, -0.25) is 0 Å². The molecule has 1 aliphatic heterocycles. The molecule has 1 saturated heterocycles. The SMILES string of the molecule is CC1CC(c2ccc3c(c2)ncn3C)N1. The van der Waals surface area contributed by atoms with Crippen LogP contribution in [0.5, 0.6) is 0 Å². The Bertz CT molecular complexity index is 495. The van der Waals surface area contributed by atoms with Crippen molar-refractivity contribution in [2.24, 2.45) is 7.05 Å². The largest absolute Gasteiger partial charge is 0.334 e. The summed E-state index contributed by atoms with van der Waals surface area (Å²) < 4.78 is 2.05. The van der Waals surface area contributed by atoms with E-state index in [2.05, 4.69) is 40.0 Å². The Morgan fingerprint density at radius 1 is 1.47 bits per heavy atom. The van der Waals surface area contributed by atoms with E-state index < -0.39 is 0 Å². The summed E-state index contributed by atoms with van der Waals surface area (Å²) in [6.07, 6.45) is 3.10. The van der Waals surface area contributed by atoms with Crippen molar-refractivity contribution in [3.05, 3.63) is 30.1 Å². The van der Waals surface area contributed by atoms with Crippen LogP contribution < -0.4 is 5.32 Å². The van der Waals surface area contributed by atoms with Gasteiger partial charge >= 0.3 is 0 Å². The Balaban J connectivity index is 2.00. The number of nitrogens with one attached hydrogen (secondary N) is 1. The van der Waals surface area contributed by atoms with E-state index in [1.165, 1.54) is 17.5 Å². The number of nitrogens with zero attached hydrogens (tertiary/aromatic N) is 2. The lowest BCUT2D eigenvalue weighted by Gasteiger charge is -2.35. The molecule has 0 amide bonds. The summed E-state index contributed by atoms with van der Waals surface area (Å²) in [4.78, 5) is 4.37. The lowest BCUT2D eigenvalue weighted by Crippen LogP contribution is -2.43. The molecular formula is C12H15N3. The van der Waals surface area contributed by atoms with Crippen molar-refractivity contribution in [1.29, 1.82) is 0 Å². The van der Waals surface area contributed by atoms with Gasteiger partial charge in [-0.1, -0.05) is 6.07 Å². The molecule has 2 heterocycles. The highest BCUT2D eigenvalue weighted by atomic mass is 15.0. The van der Waals surface area contributed by atoms with Gasteiger partial charge in [-0.2, -0.15) is 0 Å². The molecule has 1 aromatic heterocycles. The van der Waals surface area contributed by atoms with Crippen molar-refractivity contribution < 1.29 is 0 Å². The van der Waals surface area contributed by atoms with Crippen molar-refractivity contribution in [1.82, 2.24) is 14.9 Å². The number of hydrogen-bond acceptors (Lipinski definition) is 2. The van der Waals surface area contributed by atoms with Crippen molar-refractivity contribution in [2.45, 2.75) is 25.4 Å². The van der Waals surface area contributed by atoms with Crippen LogP contribution in [0.15, 0.2) is 24.5 Å². The molecule has 3 heteroatoms. The summed E-state index contributed by atoms with van der Waals surface area (Å²) in [5.74, 6) is 0. The minimum Gasteiger partial charge on any atom is -0.334 e. The predicted molar refractivity (Wildman–Crippen MR) is 60.7 cm³/mol. The van der Waals surface area contributed by atoms with Crippen LogP contribution >= 0.6 is 0 Å². The molecule has 78 valence electrons. The van der Waals surface area contributed by atoms with Crippen LogP contribution in [0.4, 0.5) is 0 Å². The minimum atomic E-state index is 0.534. The number of aromatic nitrogens is 2. The van der Waals surface area contributed by atoms with Gasteiger partial charge in [-0.25, -0.2) is 4.98 Å². The molecule has 3 rings (SSSR count). The summed E-state index contributed by atoms with van der Waals surface area (Å²) >= 11 is 0. The quantitative estimate of drug-likeness (QED) is 0.764. The van der Waals surface area contributed by atoms with Crippen molar-refractivity contribution in [2.75, 3.05) is 0 Å². The molecule has 0 aliphatic carbocycles. The lowest BCUT2D eigenvalue weighted by atomic mass is 9.92. The zero-order valence-corrected chi connectivity index (χ0v) is 9.07. The van der Waals surface area contributed by atoms with Crippen molar-refractivity contribution >= 4 is 11.0 Å². The van der Waals surface area contributed by atoms with Crippen LogP contribution in [0.3, 0.4) is 0 Å². The van der Waals surface area contributed by atoms with E-state index in [1.54, 1.807) is 0 Å². The van der Waals surface area contributed by atoms with Gasteiger partial charge in [-0.05, 0) is 31.0 Å². The topological polar surface area (TPSA) is 29.9 Å². The second-order valence-corrected chi connectivity index (χ2v) is 4.46. The predicted octanol–water partition coefficient (Wildman–Crippen LogP) is 2.00. The zero-order chi connectivity index (χ0) is 10.4. The first-order valence-electron chi connectivity index (χ1n) is 5.41. The van der Waals surface area contributed by atoms with Gasteiger partial charge < -0.3 is 9.88 Å². The van der Waals surface area contributed by atoms with E-state index in [0.29, 0.717) is 12.1 Å². The first-order valence-corrected chi connectivity index (χ1v) is 5.41. The van der Waals surface area contributed by atoms with Crippen LogP contribution in [0.25, 0.3) is 11.0 Å². The Labute approximate surface area is 89.1 Å². The molecule has 2 atom stereocenters. The molecule has 0 radical (unpaired) electrons. The van der Waals surface area contributed by atoms with E-state index in [4.69, 9.17) is 0 Å². The Kier molecular flexibility index (Phi) is 1.83. The summed E-state index contributed by atoms with van der Waals surface area (Å²) in [5, 5.41) is 3.50. The lowest BCUT2D eigenvalue weighted by molar-refractivity contribution is 0.288. The van der Waals surface area contributed by atoms with E-state index >= 15 is 0 Å². The van der Waals surface area contributed by atoms with Crippen LogP contribution in [0.1, 0.15) is 24.9 Å². The molecule has 1 aliphatic rings. The van der Waals surface area contributed by atoms with Gasteiger partial charge in [0.2, 0.25) is 0 Å². The molecule has 1 fully saturated rings. The minimum absolute atomic E-state index is 0.534. The summed E-state index contributed by atoms with van der Waals surface area (Å²) in [7, 11) is 2.03. The second kappa shape index (κ2) is 3.07. The van der Waals surface area contributed by atoms with Crippen molar-refractivity contribution in [3.8, 4) is 0 Å². The molecule has 0 saturated carbocycles. The van der Waals surface area contributed by atoms with E-state index in [9.17, 15) is 0 Å². The number of hydrogen-bond donors (Lipinski definition) is 1. The van der Waals surface area contributed by atoms with E-state index in [1.807, 2.05) is 13.4 Å². The summed E-state index contributed by atoms with van der Waals surface area (Å²) in [6, 6.07) is 7.75. The number of aryl methyl sites for hydroxylation is 1. The molecule has 3 nitrogen and oxygen atoms in total. The van der Waals surface area contributed by atoms with Gasteiger partial charge in [0.05, 0.1) is 17.4 Å². The van der Waals surface area contributed by atoms with Gasteiger partial charge in [0.25, 0.3) is 0 Å². The second-order valence-electron chi connectivity index (χ2n) is 4.46. The third-order valence-electron chi connectivity index (χ3n) is 3.23. The van der Waals surface area contributed by atoms with E-state index in [-0.39, 0.29) is 0 Å². The average molecular weight is 201 g/mol. The molecule has 2 unspecified atom stereocenters. The molecule has 0 spiro atoms. The monoisotopic (exact) mass is 201 g/mol. The van der Waals surface area contributed by atoms with Gasteiger partial charge in [0.1, 0.15) is 0 Å². The van der Waals surface area contributed by atoms with E-state index in [0.717, 1.165) is 5.52 Å². The third kappa shape index (κ3) is 1.35. The van der Waals surface area contributed by atoms with Gasteiger partial charge in [0, 0.05) is 19.1 Å². The van der Waals surface area contributed by atoms with Crippen LogP contribution in [-0.4, -0.2) is 15.6 Å². The molecular weight excluding hydrogens is 186 g/mol. The summed E-state index contributed by atoms with van der Waals surface area (Å²) in [5.41, 5.74) is 3.65. The number of fused-ring (bicyclic) bond motifs is 1. The fourth-order valence-corrected chi connectivity index (χ4v) is 2.27. The highest BCUT2D eigenvalue weighted by Gasteiger charge is 2.25. The maximum Gasteiger partial charge on any atom is 0.0955 e. The fourth-order valence-electron chi connectivity index (χ4n) is 2.27. The van der Waals surface area contributed by atoms with Gasteiger partial charge in [-0.15, -0.1) is 0 Å². The Morgan fingerprint density at radius 2 is 2.27 bits per heavy atom. The number of imidazole rings is 1. The Hall–Kier alpha value is -1.35. The number of rotatable bonds is 1. The maximum atomic E-state index is 4.37. The molecule has 2 aromatic rings. The third-order valence-corrected chi connectivity index (χ3v) is 3.23. The molecule has 15 heavy (non-hydrogen) atoms. The molecule has 0 bridgehead atoms. The van der Waals surface area contributed by atoms with Crippen LogP contribution in [0.2, 0.25) is 0 Å². The van der Waals surface area contributed by atoms with Gasteiger partial charge in [0.15, 0.2) is 0 Å². The van der Waals surface area contributed by atoms with Crippen LogP contribution in [0, 0.1) is 0 Å². The molecule has 1 N–H and O–H groups in total. The summed E-state index contributed by atoms with van der Waals surface area (Å²) in [6.45, 7) is 2.22. The highest BCUT2D eigenvalue weighted by Crippen LogP contribution is 2.29. The first-order chi connectivity index (χ1) is 7.24. The first kappa shape index (κ1) is 8.92. The standard InChI is InChI=1S/C12H15N3/c1-8-5-10(14-8)9-3-4-12-11(6-9)13-7-15(12)2/h3-4,6-8,10,14H,5H2,1-2H3.